The molecule has 0 fully saturated rings. The quantitative estimate of drug-likeness (QED) is 0.889. The minimum atomic E-state index is -0.244. The van der Waals surface area contributed by atoms with Gasteiger partial charge in [0, 0.05) is 0 Å². The van der Waals surface area contributed by atoms with Crippen molar-refractivity contribution in [3.8, 4) is 0 Å². The highest BCUT2D eigenvalue weighted by Crippen LogP contribution is 2.32. The molecule has 108 valence electrons. The van der Waals surface area contributed by atoms with E-state index in [4.69, 9.17) is 5.73 Å². The third kappa shape index (κ3) is 3.05. The molecule has 0 bridgehead atoms. The number of halogens is 1. The lowest BCUT2D eigenvalue weighted by Crippen LogP contribution is -2.39. The fourth-order valence-electron chi connectivity index (χ4n) is 2.66. The molecule has 1 aliphatic heterocycles. The largest absolute Gasteiger partial charge is 0.370 e. The van der Waals surface area contributed by atoms with Crippen molar-refractivity contribution in [3.05, 3.63) is 71.0 Å². The molecular weight excluding hydrogens is 265 g/mol. The summed E-state index contributed by atoms with van der Waals surface area (Å²) in [5, 5.41) is 3.20. The molecule has 21 heavy (non-hydrogen) atoms. The maximum Gasteiger partial charge on any atom is 0.189 e. The van der Waals surface area contributed by atoms with Crippen molar-refractivity contribution < 1.29 is 4.39 Å². The van der Waals surface area contributed by atoms with E-state index in [-0.39, 0.29) is 17.9 Å². The molecule has 0 radical (unpaired) electrons. The van der Waals surface area contributed by atoms with Crippen LogP contribution in [-0.4, -0.2) is 5.96 Å². The number of nitrogens with two attached hydrogens (primary N) is 1. The lowest BCUT2D eigenvalue weighted by molar-refractivity contribution is 0.485. The highest BCUT2D eigenvalue weighted by Gasteiger charge is 2.24. The van der Waals surface area contributed by atoms with Gasteiger partial charge in [-0.25, -0.2) is 9.38 Å². The van der Waals surface area contributed by atoms with Crippen LogP contribution in [-0.2, 0) is 0 Å². The second-order valence-corrected chi connectivity index (χ2v) is 5.43. The Bertz CT molecular complexity index is 664. The molecule has 0 spiro atoms. The number of rotatable bonds is 2. The second kappa shape index (κ2) is 5.56. The number of benzene rings is 2. The summed E-state index contributed by atoms with van der Waals surface area (Å²) < 4.78 is 13.4. The van der Waals surface area contributed by atoms with Crippen LogP contribution in [0.4, 0.5) is 4.39 Å². The molecule has 1 aliphatic rings. The third-order valence-electron chi connectivity index (χ3n) is 3.79. The maximum atomic E-state index is 13.4. The molecular formula is C17H18FN3. The van der Waals surface area contributed by atoms with Crippen molar-refractivity contribution >= 4 is 5.96 Å². The zero-order valence-electron chi connectivity index (χ0n) is 11.9. The molecule has 3 N–H and O–H groups in total. The number of aryl methyl sites for hydroxylation is 1. The predicted molar refractivity (Wildman–Crippen MR) is 82.4 cm³/mol. The van der Waals surface area contributed by atoms with Crippen LogP contribution >= 0.6 is 0 Å². The highest BCUT2D eigenvalue weighted by atomic mass is 19.1. The first-order valence-electron chi connectivity index (χ1n) is 7.03. The third-order valence-corrected chi connectivity index (χ3v) is 3.79. The molecule has 0 saturated heterocycles. The molecule has 2 unspecified atom stereocenters. The van der Waals surface area contributed by atoms with Crippen LogP contribution in [0.25, 0.3) is 0 Å². The Labute approximate surface area is 123 Å². The van der Waals surface area contributed by atoms with Gasteiger partial charge in [-0.2, -0.15) is 0 Å². The molecule has 2 aromatic rings. The average molecular weight is 283 g/mol. The Morgan fingerprint density at radius 1 is 1.14 bits per heavy atom. The zero-order chi connectivity index (χ0) is 14.8. The van der Waals surface area contributed by atoms with Gasteiger partial charge < -0.3 is 11.1 Å². The molecule has 2 aromatic carbocycles. The summed E-state index contributed by atoms with van der Waals surface area (Å²) in [5.41, 5.74) is 9.15. The second-order valence-electron chi connectivity index (χ2n) is 5.43. The topological polar surface area (TPSA) is 50.4 Å². The Morgan fingerprint density at radius 2 is 1.90 bits per heavy atom. The van der Waals surface area contributed by atoms with Gasteiger partial charge in [0.2, 0.25) is 0 Å². The van der Waals surface area contributed by atoms with Crippen LogP contribution in [0.1, 0.15) is 35.2 Å². The standard InChI is InChI=1S/C17H18FN3/c1-11-5-7-12(8-6-11)15-10-16(21-17(19)20-15)13-3-2-4-14(18)9-13/h2-9,15-16H,10H2,1H3,(H3,19,20,21). The fourth-order valence-corrected chi connectivity index (χ4v) is 2.66. The lowest BCUT2D eigenvalue weighted by atomic mass is 9.93. The maximum absolute atomic E-state index is 13.4. The molecule has 2 atom stereocenters. The van der Waals surface area contributed by atoms with E-state index in [1.807, 2.05) is 6.07 Å². The summed E-state index contributed by atoms with van der Waals surface area (Å²) in [6.45, 7) is 2.06. The number of guanidine groups is 1. The van der Waals surface area contributed by atoms with Gasteiger partial charge in [0.05, 0.1) is 12.1 Å². The van der Waals surface area contributed by atoms with Crippen molar-refractivity contribution in [1.29, 1.82) is 0 Å². The number of nitrogens with zero attached hydrogens (tertiary/aromatic N) is 1. The molecule has 0 saturated carbocycles. The Morgan fingerprint density at radius 3 is 2.62 bits per heavy atom. The van der Waals surface area contributed by atoms with E-state index in [2.05, 4.69) is 41.5 Å². The summed E-state index contributed by atoms with van der Waals surface area (Å²) in [7, 11) is 0. The van der Waals surface area contributed by atoms with E-state index in [1.165, 1.54) is 23.3 Å². The smallest absolute Gasteiger partial charge is 0.189 e. The van der Waals surface area contributed by atoms with Crippen molar-refractivity contribution in [2.75, 3.05) is 0 Å². The van der Waals surface area contributed by atoms with Crippen LogP contribution in [0.15, 0.2) is 53.5 Å². The molecule has 4 heteroatoms. The van der Waals surface area contributed by atoms with E-state index >= 15 is 0 Å². The predicted octanol–water partition coefficient (Wildman–Crippen LogP) is 3.22. The normalized spacial score (nSPS) is 21.5. The fraction of sp³-hybridized carbons (Fsp3) is 0.235. The van der Waals surface area contributed by atoms with Gasteiger partial charge in [-0.15, -0.1) is 0 Å². The molecule has 3 nitrogen and oxygen atoms in total. The van der Waals surface area contributed by atoms with E-state index < -0.39 is 0 Å². The average Bonchev–Trinajstić information content (AvgIpc) is 2.47. The van der Waals surface area contributed by atoms with Crippen molar-refractivity contribution in [2.45, 2.75) is 25.4 Å². The van der Waals surface area contributed by atoms with Gasteiger partial charge in [-0.05, 0) is 36.6 Å². The van der Waals surface area contributed by atoms with E-state index in [0.717, 1.165) is 12.0 Å². The van der Waals surface area contributed by atoms with Gasteiger partial charge in [-0.3, -0.25) is 0 Å². The van der Waals surface area contributed by atoms with Gasteiger partial charge in [0.1, 0.15) is 5.82 Å². The first-order chi connectivity index (χ1) is 10.1. The van der Waals surface area contributed by atoms with Crippen molar-refractivity contribution in [1.82, 2.24) is 5.32 Å². The molecule has 0 aromatic heterocycles. The summed E-state index contributed by atoms with van der Waals surface area (Å²) in [6.07, 6.45) is 0.757. The van der Waals surface area contributed by atoms with Crippen LogP contribution in [0.3, 0.4) is 0 Å². The minimum Gasteiger partial charge on any atom is -0.370 e. The summed E-state index contributed by atoms with van der Waals surface area (Å²) in [4.78, 5) is 4.40. The summed E-state index contributed by atoms with van der Waals surface area (Å²) in [5.74, 6) is 0.160. The molecule has 0 aliphatic carbocycles. The molecule has 1 heterocycles. The SMILES string of the molecule is Cc1ccc(C2CC(c3cccc(F)c3)N=C(N)N2)cc1. The van der Waals surface area contributed by atoms with Crippen molar-refractivity contribution in [2.24, 2.45) is 10.7 Å². The van der Waals surface area contributed by atoms with Crippen LogP contribution in [0.5, 0.6) is 0 Å². The van der Waals surface area contributed by atoms with Crippen LogP contribution in [0.2, 0.25) is 0 Å². The molecule has 0 amide bonds. The summed E-state index contributed by atoms with van der Waals surface area (Å²) in [6, 6.07) is 14.9. The number of hydrogen-bond acceptors (Lipinski definition) is 3. The minimum absolute atomic E-state index is 0.0939. The van der Waals surface area contributed by atoms with E-state index in [0.29, 0.717) is 5.96 Å². The highest BCUT2D eigenvalue weighted by molar-refractivity contribution is 5.79. The van der Waals surface area contributed by atoms with Gasteiger partial charge in [-0.1, -0.05) is 42.0 Å². The van der Waals surface area contributed by atoms with E-state index in [1.54, 1.807) is 6.07 Å². The lowest BCUT2D eigenvalue weighted by Gasteiger charge is -2.29. The van der Waals surface area contributed by atoms with Crippen molar-refractivity contribution in [3.63, 3.8) is 0 Å². The van der Waals surface area contributed by atoms with Gasteiger partial charge >= 0.3 is 0 Å². The number of hydrogen-bond donors (Lipinski definition) is 2. The van der Waals surface area contributed by atoms with Gasteiger partial charge in [0.25, 0.3) is 0 Å². The Hall–Kier alpha value is -2.36. The first kappa shape index (κ1) is 13.6. The van der Waals surface area contributed by atoms with Gasteiger partial charge in [0.15, 0.2) is 5.96 Å². The number of aliphatic imine (C=N–C) groups is 1. The molecule has 3 rings (SSSR count). The first-order valence-corrected chi connectivity index (χ1v) is 7.03. The number of nitrogens with one attached hydrogen (secondary N) is 1. The Balaban J connectivity index is 1.87. The monoisotopic (exact) mass is 283 g/mol. The van der Waals surface area contributed by atoms with Crippen LogP contribution in [0, 0.1) is 12.7 Å². The Kier molecular flexibility index (Phi) is 3.60. The van der Waals surface area contributed by atoms with E-state index in [9.17, 15) is 4.39 Å². The zero-order valence-corrected chi connectivity index (χ0v) is 11.9. The summed E-state index contributed by atoms with van der Waals surface area (Å²) >= 11 is 0. The van der Waals surface area contributed by atoms with Crippen LogP contribution < -0.4 is 11.1 Å².